The number of aliphatic carboxylic acids is 1. The number of rotatable bonds is 5. The quantitative estimate of drug-likeness (QED) is 0.415. The van der Waals surface area contributed by atoms with E-state index in [0.717, 1.165) is 40.6 Å². The topological polar surface area (TPSA) is 82.5 Å². The fourth-order valence-corrected chi connectivity index (χ4v) is 5.93. The molecule has 6 nitrogen and oxygen atoms in total. The number of halogens is 3. The molecule has 0 saturated carbocycles. The molecule has 1 aliphatic rings. The minimum absolute atomic E-state index is 0.0281. The smallest absolute Gasteiger partial charge is 0.475 e. The summed E-state index contributed by atoms with van der Waals surface area (Å²) in [6, 6.07) is 8.70. The van der Waals surface area contributed by atoms with Crippen molar-refractivity contribution in [2.24, 2.45) is 0 Å². The van der Waals surface area contributed by atoms with Crippen molar-refractivity contribution in [3.05, 3.63) is 34.7 Å². The number of fused-ring (bicyclic) bond motifs is 2. The Morgan fingerprint density at radius 1 is 1.29 bits per heavy atom. The highest BCUT2D eigenvalue weighted by Crippen LogP contribution is 2.45. The zero-order valence-corrected chi connectivity index (χ0v) is 20.7. The van der Waals surface area contributed by atoms with E-state index in [4.69, 9.17) is 21.3 Å². The molecule has 0 radical (unpaired) electrons. The fourth-order valence-electron chi connectivity index (χ4n) is 3.53. The second-order valence-corrected chi connectivity index (χ2v) is 10.2. The SMILES string of the molecule is C#CCCC(=O)Nc1sc2c(c1-c1nc3ccccc3s1)CCN(C(C)C)C2.O=C(O)C(F)(F)F. The number of thiophene rings is 1. The molecule has 4 rings (SSSR count). The van der Waals surface area contributed by atoms with Gasteiger partial charge in [0.2, 0.25) is 5.91 Å². The van der Waals surface area contributed by atoms with Gasteiger partial charge in [0, 0.05) is 42.4 Å². The van der Waals surface area contributed by atoms with Crippen molar-refractivity contribution in [2.75, 3.05) is 11.9 Å². The molecule has 186 valence electrons. The Bertz CT molecular complexity index is 1230. The van der Waals surface area contributed by atoms with Crippen LogP contribution in [0.2, 0.25) is 0 Å². The van der Waals surface area contributed by atoms with E-state index in [1.165, 1.54) is 15.1 Å². The summed E-state index contributed by atoms with van der Waals surface area (Å²) in [4.78, 5) is 30.0. The Hall–Kier alpha value is -2.94. The van der Waals surface area contributed by atoms with E-state index in [-0.39, 0.29) is 5.91 Å². The number of benzene rings is 1. The van der Waals surface area contributed by atoms with Crippen LogP contribution in [0, 0.1) is 12.3 Å². The van der Waals surface area contributed by atoms with Gasteiger partial charge in [-0.25, -0.2) is 9.78 Å². The molecule has 0 saturated heterocycles. The van der Waals surface area contributed by atoms with Crippen LogP contribution in [0.25, 0.3) is 20.8 Å². The molecule has 0 spiro atoms. The Morgan fingerprint density at radius 2 is 1.97 bits per heavy atom. The van der Waals surface area contributed by atoms with Crippen molar-refractivity contribution in [3.63, 3.8) is 0 Å². The number of para-hydroxylation sites is 1. The summed E-state index contributed by atoms with van der Waals surface area (Å²) in [5, 5.41) is 12.1. The number of carbonyl (C=O) groups excluding carboxylic acids is 1. The molecule has 3 heterocycles. The van der Waals surface area contributed by atoms with E-state index < -0.39 is 12.1 Å². The lowest BCUT2D eigenvalue weighted by atomic mass is 10.0. The minimum atomic E-state index is -5.08. The van der Waals surface area contributed by atoms with Gasteiger partial charge in [-0.3, -0.25) is 9.69 Å². The highest BCUT2D eigenvalue weighted by molar-refractivity contribution is 7.22. The monoisotopic (exact) mass is 523 g/mol. The van der Waals surface area contributed by atoms with Gasteiger partial charge in [-0.05, 0) is 38.0 Å². The summed E-state index contributed by atoms with van der Waals surface area (Å²) in [5.41, 5.74) is 3.46. The third-order valence-electron chi connectivity index (χ3n) is 5.32. The number of aromatic nitrogens is 1. The van der Waals surface area contributed by atoms with Crippen LogP contribution in [0.15, 0.2) is 24.3 Å². The Labute approximate surface area is 208 Å². The van der Waals surface area contributed by atoms with Gasteiger partial charge in [0.1, 0.15) is 10.0 Å². The van der Waals surface area contributed by atoms with E-state index in [0.29, 0.717) is 18.9 Å². The summed E-state index contributed by atoms with van der Waals surface area (Å²) < 4.78 is 32.9. The number of hydrogen-bond acceptors (Lipinski definition) is 6. The molecule has 0 unspecified atom stereocenters. The summed E-state index contributed by atoms with van der Waals surface area (Å²) in [7, 11) is 0. The van der Waals surface area contributed by atoms with Crippen molar-refractivity contribution in [2.45, 2.75) is 51.9 Å². The second-order valence-electron chi connectivity index (χ2n) is 8.06. The van der Waals surface area contributed by atoms with E-state index in [1.807, 2.05) is 18.2 Å². The van der Waals surface area contributed by atoms with Crippen LogP contribution in [-0.2, 0) is 22.6 Å². The summed E-state index contributed by atoms with van der Waals surface area (Å²) in [6.45, 7) is 6.42. The van der Waals surface area contributed by atoms with Gasteiger partial charge in [-0.1, -0.05) is 12.1 Å². The number of carboxylic acid groups (broad SMARTS) is 1. The first-order valence-corrected chi connectivity index (χ1v) is 12.4. The number of carboxylic acids is 1. The summed E-state index contributed by atoms with van der Waals surface area (Å²) >= 11 is 3.38. The van der Waals surface area contributed by atoms with Gasteiger partial charge in [0.05, 0.1) is 10.2 Å². The molecule has 1 amide bonds. The maximum absolute atomic E-state index is 12.4. The average molecular weight is 524 g/mol. The normalized spacial score (nSPS) is 13.6. The zero-order chi connectivity index (χ0) is 25.8. The molecule has 2 N–H and O–H groups in total. The number of nitrogens with zero attached hydrogens (tertiary/aromatic N) is 2. The predicted octanol–water partition coefficient (Wildman–Crippen LogP) is 5.78. The molecule has 0 fully saturated rings. The number of hydrogen-bond donors (Lipinski definition) is 2. The van der Waals surface area contributed by atoms with Gasteiger partial charge < -0.3 is 10.4 Å². The third kappa shape index (κ3) is 6.60. The van der Waals surface area contributed by atoms with Crippen LogP contribution in [0.3, 0.4) is 0 Å². The maximum atomic E-state index is 12.4. The molecule has 3 aromatic rings. The first kappa shape index (κ1) is 26.7. The van der Waals surface area contributed by atoms with Crippen molar-refractivity contribution in [1.82, 2.24) is 9.88 Å². The summed E-state index contributed by atoms with van der Waals surface area (Å²) in [5.74, 6) is -0.244. The van der Waals surface area contributed by atoms with Crippen LogP contribution >= 0.6 is 22.7 Å². The third-order valence-corrected chi connectivity index (χ3v) is 7.50. The minimum Gasteiger partial charge on any atom is -0.475 e. The lowest BCUT2D eigenvalue weighted by Crippen LogP contribution is -2.35. The van der Waals surface area contributed by atoms with Gasteiger partial charge >= 0.3 is 12.1 Å². The maximum Gasteiger partial charge on any atom is 0.490 e. The van der Waals surface area contributed by atoms with E-state index in [1.54, 1.807) is 22.7 Å². The van der Waals surface area contributed by atoms with E-state index in [9.17, 15) is 18.0 Å². The van der Waals surface area contributed by atoms with Crippen molar-refractivity contribution < 1.29 is 27.9 Å². The lowest BCUT2D eigenvalue weighted by molar-refractivity contribution is -0.192. The van der Waals surface area contributed by atoms with Crippen molar-refractivity contribution in [1.29, 1.82) is 0 Å². The highest BCUT2D eigenvalue weighted by Gasteiger charge is 2.38. The Morgan fingerprint density at radius 3 is 2.57 bits per heavy atom. The molecule has 0 atom stereocenters. The number of terminal acetylenes is 1. The van der Waals surface area contributed by atoms with Crippen molar-refractivity contribution >= 4 is 49.8 Å². The van der Waals surface area contributed by atoms with Crippen LogP contribution < -0.4 is 5.32 Å². The zero-order valence-electron chi connectivity index (χ0n) is 19.1. The highest BCUT2D eigenvalue weighted by atomic mass is 32.1. The van der Waals surface area contributed by atoms with Crippen LogP contribution in [0.5, 0.6) is 0 Å². The molecular formula is C24H24F3N3O3S2. The molecule has 0 bridgehead atoms. The molecule has 11 heteroatoms. The Kier molecular flexibility index (Phi) is 8.53. The van der Waals surface area contributed by atoms with E-state index >= 15 is 0 Å². The number of thiazole rings is 1. The van der Waals surface area contributed by atoms with Crippen molar-refractivity contribution in [3.8, 4) is 22.9 Å². The van der Waals surface area contributed by atoms with Gasteiger partial charge in [0.25, 0.3) is 0 Å². The molecule has 35 heavy (non-hydrogen) atoms. The van der Waals surface area contributed by atoms with Crippen LogP contribution in [0.1, 0.15) is 37.1 Å². The van der Waals surface area contributed by atoms with Crippen LogP contribution in [0.4, 0.5) is 18.2 Å². The number of nitrogens with one attached hydrogen (secondary N) is 1. The van der Waals surface area contributed by atoms with Gasteiger partial charge in [0.15, 0.2) is 0 Å². The average Bonchev–Trinajstić information content (AvgIpc) is 3.37. The number of amides is 1. The summed E-state index contributed by atoms with van der Waals surface area (Å²) in [6.07, 6.45) is 2.01. The van der Waals surface area contributed by atoms with Gasteiger partial charge in [-0.15, -0.1) is 35.0 Å². The molecule has 0 aliphatic carbocycles. The first-order chi connectivity index (χ1) is 16.5. The molecule has 1 aromatic carbocycles. The molecule has 2 aromatic heterocycles. The second kappa shape index (κ2) is 11.2. The number of alkyl halides is 3. The Balaban J connectivity index is 0.000000429. The van der Waals surface area contributed by atoms with Gasteiger partial charge in [-0.2, -0.15) is 13.2 Å². The molecule has 1 aliphatic heterocycles. The number of anilines is 1. The lowest BCUT2D eigenvalue weighted by Gasteiger charge is -2.30. The fraction of sp³-hybridized carbons (Fsp3) is 0.375. The van der Waals surface area contributed by atoms with E-state index in [2.05, 4.69) is 36.1 Å². The largest absolute Gasteiger partial charge is 0.490 e. The number of carbonyl (C=O) groups is 2. The van der Waals surface area contributed by atoms with Crippen LogP contribution in [-0.4, -0.2) is 45.6 Å². The first-order valence-electron chi connectivity index (χ1n) is 10.8. The standard InChI is InChI=1S/C22H23N3OS2.C2HF3O2/c1-4-5-10-19(26)24-22-20(21-23-16-8-6-7-9-17(16)27-21)15-11-12-25(14(2)3)13-18(15)28-22;3-2(4,5)1(6)7/h1,6-9,14H,5,10-13H2,2-3H3,(H,24,26);(H,6,7). The predicted molar refractivity (Wildman–Crippen MR) is 133 cm³/mol. The molecular weight excluding hydrogens is 499 g/mol.